The molecule has 6 nitrogen and oxygen atoms in total. The van der Waals surface area contributed by atoms with Crippen LogP contribution in [0.5, 0.6) is 0 Å². The minimum atomic E-state index is -3.82. The van der Waals surface area contributed by atoms with E-state index < -0.39 is 15.8 Å². The van der Waals surface area contributed by atoms with Crippen LogP contribution in [-0.4, -0.2) is 13.4 Å². The quantitative estimate of drug-likeness (QED) is 0.717. The van der Waals surface area contributed by atoms with Crippen molar-refractivity contribution in [3.8, 4) is 6.07 Å². The molecule has 0 aliphatic heterocycles. The largest absolute Gasteiger partial charge is 0.340 e. The lowest BCUT2D eigenvalue weighted by atomic mass is 10.2. The van der Waals surface area contributed by atoms with Crippen LogP contribution in [0.1, 0.15) is 5.56 Å². The van der Waals surface area contributed by atoms with Crippen molar-refractivity contribution in [3.05, 3.63) is 78.2 Å². The summed E-state index contributed by atoms with van der Waals surface area (Å²) in [6.07, 6.45) is 1.36. The second-order valence-corrected chi connectivity index (χ2v) is 6.99. The Morgan fingerprint density at radius 3 is 2.42 bits per heavy atom. The van der Waals surface area contributed by atoms with Gasteiger partial charge in [0.05, 0.1) is 28.4 Å². The molecular formula is C18H13FN4O2S. The maximum Gasteiger partial charge on any atom is 0.261 e. The third kappa shape index (κ3) is 4.15. The van der Waals surface area contributed by atoms with E-state index in [0.29, 0.717) is 17.1 Å². The lowest BCUT2D eigenvalue weighted by Crippen LogP contribution is -2.13. The summed E-state index contributed by atoms with van der Waals surface area (Å²) in [5.74, 6) is -0.0219. The fourth-order valence-corrected chi connectivity index (χ4v) is 3.21. The number of nitrogens with zero attached hydrogens (tertiary/aromatic N) is 2. The lowest BCUT2D eigenvalue weighted by molar-refractivity contribution is 0.599. The number of hydrogen-bond donors (Lipinski definition) is 2. The van der Waals surface area contributed by atoms with Crippen molar-refractivity contribution in [2.45, 2.75) is 4.90 Å². The third-order valence-corrected chi connectivity index (χ3v) is 4.80. The van der Waals surface area contributed by atoms with E-state index in [-0.39, 0.29) is 10.6 Å². The molecule has 1 heterocycles. The van der Waals surface area contributed by atoms with Crippen molar-refractivity contribution in [1.82, 2.24) is 4.98 Å². The van der Waals surface area contributed by atoms with Crippen LogP contribution in [0.3, 0.4) is 0 Å². The summed E-state index contributed by atoms with van der Waals surface area (Å²) in [7, 11) is -3.82. The standard InChI is InChI=1S/C18H13FN4O2S/c19-14-4-7-17(8-5-14)26(24,25)23-16-6-9-18(21-12-16)22-15-3-1-2-13(10-15)11-20/h1-10,12,23H,(H,21,22). The monoisotopic (exact) mass is 368 g/mol. The van der Waals surface area contributed by atoms with Crippen molar-refractivity contribution in [1.29, 1.82) is 5.26 Å². The highest BCUT2D eigenvalue weighted by Crippen LogP contribution is 2.19. The zero-order valence-corrected chi connectivity index (χ0v) is 14.2. The molecular weight excluding hydrogens is 355 g/mol. The molecule has 0 unspecified atom stereocenters. The van der Waals surface area contributed by atoms with Crippen LogP contribution >= 0.6 is 0 Å². The molecule has 26 heavy (non-hydrogen) atoms. The van der Waals surface area contributed by atoms with E-state index in [1.807, 2.05) is 6.07 Å². The number of nitrogens with one attached hydrogen (secondary N) is 2. The maximum absolute atomic E-state index is 12.9. The van der Waals surface area contributed by atoms with Gasteiger partial charge in [0, 0.05) is 5.69 Å². The van der Waals surface area contributed by atoms with Crippen molar-refractivity contribution >= 4 is 27.2 Å². The Morgan fingerprint density at radius 2 is 1.77 bits per heavy atom. The van der Waals surface area contributed by atoms with E-state index in [2.05, 4.69) is 15.0 Å². The molecule has 0 fully saturated rings. The predicted octanol–water partition coefficient (Wildman–Crippen LogP) is 3.64. The topological polar surface area (TPSA) is 94.9 Å². The van der Waals surface area contributed by atoms with E-state index in [1.54, 1.807) is 36.4 Å². The molecule has 2 N–H and O–H groups in total. The lowest BCUT2D eigenvalue weighted by Gasteiger charge is -2.09. The Labute approximate surface area is 150 Å². The SMILES string of the molecule is N#Cc1cccc(Nc2ccc(NS(=O)(=O)c3ccc(F)cc3)cn2)c1. The van der Waals surface area contributed by atoms with Crippen molar-refractivity contribution in [2.75, 3.05) is 10.0 Å². The molecule has 1 aromatic heterocycles. The zero-order valence-electron chi connectivity index (χ0n) is 13.3. The fraction of sp³-hybridized carbons (Fsp3) is 0. The van der Waals surface area contributed by atoms with Crippen molar-refractivity contribution in [3.63, 3.8) is 0 Å². The first-order chi connectivity index (χ1) is 12.5. The molecule has 0 radical (unpaired) electrons. The van der Waals surface area contributed by atoms with Crippen LogP contribution < -0.4 is 10.0 Å². The van der Waals surface area contributed by atoms with Gasteiger partial charge in [-0.1, -0.05) is 6.07 Å². The minimum Gasteiger partial charge on any atom is -0.340 e. The summed E-state index contributed by atoms with van der Waals surface area (Å²) in [6, 6.07) is 16.6. The Morgan fingerprint density at radius 1 is 1.00 bits per heavy atom. The molecule has 8 heteroatoms. The number of benzene rings is 2. The van der Waals surface area contributed by atoms with Crippen LogP contribution in [0.4, 0.5) is 21.6 Å². The van der Waals surface area contributed by atoms with Gasteiger partial charge >= 0.3 is 0 Å². The number of aromatic nitrogens is 1. The number of halogens is 1. The number of nitriles is 1. The fourth-order valence-electron chi connectivity index (χ4n) is 2.17. The summed E-state index contributed by atoms with van der Waals surface area (Å²) >= 11 is 0. The minimum absolute atomic E-state index is 0.0468. The molecule has 0 aliphatic carbocycles. The molecule has 0 atom stereocenters. The Kier molecular flexibility index (Phi) is 4.82. The van der Waals surface area contributed by atoms with E-state index in [9.17, 15) is 12.8 Å². The van der Waals surface area contributed by atoms with E-state index in [4.69, 9.17) is 5.26 Å². The van der Waals surface area contributed by atoms with Crippen LogP contribution in [-0.2, 0) is 10.0 Å². The average molecular weight is 368 g/mol. The van der Waals surface area contributed by atoms with Gasteiger partial charge in [0.2, 0.25) is 0 Å². The molecule has 0 bridgehead atoms. The number of hydrogen-bond acceptors (Lipinski definition) is 5. The van der Waals surface area contributed by atoms with Gasteiger partial charge in [-0.15, -0.1) is 0 Å². The predicted molar refractivity (Wildman–Crippen MR) is 95.9 cm³/mol. The molecule has 3 rings (SSSR count). The zero-order chi connectivity index (χ0) is 18.6. The summed E-state index contributed by atoms with van der Waals surface area (Å²) in [5.41, 5.74) is 1.47. The molecule has 0 spiro atoms. The molecule has 2 aromatic carbocycles. The van der Waals surface area contributed by atoms with Crippen molar-refractivity contribution in [2.24, 2.45) is 0 Å². The second kappa shape index (κ2) is 7.21. The second-order valence-electron chi connectivity index (χ2n) is 5.31. The van der Waals surface area contributed by atoms with Gasteiger partial charge in [-0.3, -0.25) is 4.72 Å². The highest BCUT2D eigenvalue weighted by molar-refractivity contribution is 7.92. The summed E-state index contributed by atoms with van der Waals surface area (Å²) < 4.78 is 39.8. The molecule has 130 valence electrons. The Bertz CT molecular complexity index is 1060. The van der Waals surface area contributed by atoms with Gasteiger partial charge in [0.15, 0.2) is 0 Å². The molecule has 3 aromatic rings. The first-order valence-corrected chi connectivity index (χ1v) is 8.96. The van der Waals surface area contributed by atoms with Gasteiger partial charge in [-0.2, -0.15) is 5.26 Å². The van der Waals surface area contributed by atoms with Gasteiger partial charge in [0.25, 0.3) is 10.0 Å². The molecule has 0 saturated heterocycles. The third-order valence-electron chi connectivity index (χ3n) is 3.40. The van der Waals surface area contributed by atoms with Crippen molar-refractivity contribution < 1.29 is 12.8 Å². The molecule has 0 saturated carbocycles. The van der Waals surface area contributed by atoms with Gasteiger partial charge < -0.3 is 5.32 Å². The highest BCUT2D eigenvalue weighted by atomic mass is 32.2. The van der Waals surface area contributed by atoms with Crippen LogP contribution in [0, 0.1) is 17.1 Å². The summed E-state index contributed by atoms with van der Waals surface area (Å²) in [4.78, 5) is 4.09. The van der Waals surface area contributed by atoms with Crippen LogP contribution in [0.2, 0.25) is 0 Å². The summed E-state index contributed by atoms with van der Waals surface area (Å²) in [6.45, 7) is 0. The highest BCUT2D eigenvalue weighted by Gasteiger charge is 2.14. The van der Waals surface area contributed by atoms with Crippen LogP contribution in [0.25, 0.3) is 0 Å². The first kappa shape index (κ1) is 17.4. The average Bonchev–Trinajstić information content (AvgIpc) is 2.64. The summed E-state index contributed by atoms with van der Waals surface area (Å²) in [5, 5.41) is 11.9. The number of anilines is 3. The van der Waals surface area contributed by atoms with Gasteiger partial charge in [-0.05, 0) is 54.6 Å². The Balaban J connectivity index is 1.73. The first-order valence-electron chi connectivity index (χ1n) is 7.48. The normalized spacial score (nSPS) is 10.8. The van der Waals surface area contributed by atoms with E-state index >= 15 is 0 Å². The van der Waals surface area contributed by atoms with Gasteiger partial charge in [0.1, 0.15) is 11.6 Å². The van der Waals surface area contributed by atoms with E-state index in [0.717, 1.165) is 12.1 Å². The van der Waals surface area contributed by atoms with E-state index in [1.165, 1.54) is 18.3 Å². The maximum atomic E-state index is 12.9. The smallest absolute Gasteiger partial charge is 0.261 e. The molecule has 0 aliphatic rings. The Hall–Kier alpha value is -3.44. The van der Waals surface area contributed by atoms with Gasteiger partial charge in [-0.25, -0.2) is 17.8 Å². The number of rotatable bonds is 5. The number of pyridine rings is 1. The van der Waals surface area contributed by atoms with Crippen LogP contribution in [0.15, 0.2) is 71.8 Å². The molecule has 0 amide bonds. The number of sulfonamides is 1.